The Morgan fingerprint density at radius 1 is 0.762 bits per heavy atom. The van der Waals surface area contributed by atoms with Crippen LogP contribution in [-0.2, 0) is 4.79 Å². The second kappa shape index (κ2) is 20.7. The number of carbonyl (C=O) groups excluding carboxylic acids is 1. The summed E-state index contributed by atoms with van der Waals surface area (Å²) >= 11 is 0. The molecule has 118 valence electrons. The number of carbonyl (C=O) groups is 1. The average molecular weight is 369 g/mol. The van der Waals surface area contributed by atoms with Crippen molar-refractivity contribution in [2.24, 2.45) is 0 Å². The van der Waals surface area contributed by atoms with Crippen molar-refractivity contribution in [3.63, 3.8) is 0 Å². The van der Waals surface area contributed by atoms with E-state index in [0.717, 1.165) is 19.3 Å². The number of allylic oxidation sites excluding steroid dienone is 2. The zero-order valence-electron chi connectivity index (χ0n) is 14.1. The Bertz CT molecular complexity index is 239. The topological polar surface area (TPSA) is 40.1 Å². The Morgan fingerprint density at radius 2 is 1.19 bits per heavy atom. The molecule has 0 aliphatic rings. The Balaban J connectivity index is 0. The molecule has 0 aliphatic heterocycles. The molecule has 0 unspecified atom stereocenters. The van der Waals surface area contributed by atoms with E-state index in [9.17, 15) is 9.90 Å². The van der Waals surface area contributed by atoms with Gasteiger partial charge in [0, 0.05) is 5.97 Å². The molecule has 0 bridgehead atoms. The van der Waals surface area contributed by atoms with E-state index in [1.807, 2.05) is 0 Å². The van der Waals surface area contributed by atoms with Crippen LogP contribution in [0, 0.1) is 0 Å². The normalized spacial score (nSPS) is 10.7. The molecule has 21 heavy (non-hydrogen) atoms. The summed E-state index contributed by atoms with van der Waals surface area (Å²) in [7, 11) is 0. The molecule has 3 heteroatoms. The van der Waals surface area contributed by atoms with Crippen LogP contribution in [0.5, 0.6) is 0 Å². The molecule has 0 aliphatic carbocycles. The summed E-state index contributed by atoms with van der Waals surface area (Å²) in [5, 5.41) is 10.2. The van der Waals surface area contributed by atoms with Crippen LogP contribution >= 0.6 is 0 Å². The quantitative estimate of drug-likeness (QED) is 0.244. The molecule has 2 nitrogen and oxygen atoms in total. The van der Waals surface area contributed by atoms with Gasteiger partial charge in [0.15, 0.2) is 0 Å². The van der Waals surface area contributed by atoms with Crippen molar-refractivity contribution in [3.05, 3.63) is 12.2 Å². The smallest absolute Gasteiger partial charge is 0.550 e. The van der Waals surface area contributed by atoms with E-state index in [1.54, 1.807) is 0 Å². The van der Waals surface area contributed by atoms with Crippen LogP contribution in [0.2, 0.25) is 0 Å². The third-order valence-electron chi connectivity index (χ3n) is 3.64. The molecule has 0 aromatic carbocycles. The van der Waals surface area contributed by atoms with Gasteiger partial charge in [-0.2, -0.15) is 0 Å². The fourth-order valence-electron chi connectivity index (χ4n) is 2.34. The van der Waals surface area contributed by atoms with Crippen LogP contribution < -0.4 is 5.11 Å². The van der Waals surface area contributed by atoms with E-state index < -0.39 is 5.97 Å². The van der Waals surface area contributed by atoms with E-state index in [4.69, 9.17) is 0 Å². The van der Waals surface area contributed by atoms with E-state index in [0.29, 0.717) is 0 Å². The number of carboxylic acid groups (broad SMARTS) is 1. The van der Waals surface area contributed by atoms with Gasteiger partial charge >= 0.3 is 45.5 Å². The second-order valence-corrected chi connectivity index (χ2v) is 5.71. The molecule has 0 atom stereocenters. The fraction of sp³-hybridized carbons (Fsp3) is 0.833. The van der Waals surface area contributed by atoms with Gasteiger partial charge in [0.1, 0.15) is 0 Å². The molecular weight excluding hydrogens is 336 g/mol. The summed E-state index contributed by atoms with van der Waals surface area (Å²) in [6.07, 6.45) is 20.9. The predicted octanol–water partition coefficient (Wildman–Crippen LogP) is 4.39. The van der Waals surface area contributed by atoms with Crippen molar-refractivity contribution in [1.82, 2.24) is 0 Å². The van der Waals surface area contributed by atoms with Gasteiger partial charge < -0.3 is 9.90 Å². The van der Waals surface area contributed by atoms with Gasteiger partial charge in [-0.25, -0.2) is 0 Å². The van der Waals surface area contributed by atoms with E-state index in [1.165, 1.54) is 64.2 Å². The summed E-state index contributed by atoms with van der Waals surface area (Å²) in [6.45, 7) is 2.26. The Labute approximate surface area is 169 Å². The summed E-state index contributed by atoms with van der Waals surface area (Å²) in [4.78, 5) is 10.2. The maximum atomic E-state index is 10.2. The number of rotatable bonds is 15. The molecule has 0 heterocycles. The zero-order chi connectivity index (χ0) is 14.9. The Hall–Kier alpha value is 0.691. The Morgan fingerprint density at radius 3 is 1.67 bits per heavy atom. The average Bonchev–Trinajstić information content (AvgIpc) is 2.43. The zero-order valence-corrected chi connectivity index (χ0v) is 17.6. The maximum absolute atomic E-state index is 10.2. The first-order chi connectivity index (χ1) is 9.77. The van der Waals surface area contributed by atoms with Crippen molar-refractivity contribution < 1.29 is 9.90 Å². The van der Waals surface area contributed by atoms with Crippen LogP contribution in [0.25, 0.3) is 0 Å². The summed E-state index contributed by atoms with van der Waals surface area (Å²) in [6, 6.07) is 0. The molecule has 0 fully saturated rings. The minimum absolute atomic E-state index is 0. The molecular formula is C18H33O2Sr+. The predicted molar refractivity (Wildman–Crippen MR) is 90.2 cm³/mol. The number of carboxylic acids is 1. The minimum Gasteiger partial charge on any atom is -0.550 e. The van der Waals surface area contributed by atoms with Crippen molar-refractivity contribution in [1.29, 1.82) is 0 Å². The molecule has 0 rings (SSSR count). The van der Waals surface area contributed by atoms with Crippen LogP contribution in [0.15, 0.2) is 12.2 Å². The third kappa shape index (κ3) is 23.1. The van der Waals surface area contributed by atoms with Crippen LogP contribution in [-0.4, -0.2) is 51.5 Å². The van der Waals surface area contributed by atoms with Gasteiger partial charge in [0.05, 0.1) is 0 Å². The van der Waals surface area contributed by atoms with Crippen LogP contribution in [0.1, 0.15) is 96.8 Å². The second-order valence-electron chi connectivity index (χ2n) is 5.71. The van der Waals surface area contributed by atoms with Crippen molar-refractivity contribution in [3.8, 4) is 0 Å². The molecule has 0 radical (unpaired) electrons. The SMILES string of the molecule is CCCCCCCC/C=C\CCCCCCCC(=O)[O-].[Sr+2]. The van der Waals surface area contributed by atoms with E-state index in [-0.39, 0.29) is 51.9 Å². The summed E-state index contributed by atoms with van der Waals surface area (Å²) in [5.74, 6) is -0.914. The molecule has 0 amide bonds. The van der Waals surface area contributed by atoms with Crippen LogP contribution in [0.3, 0.4) is 0 Å². The van der Waals surface area contributed by atoms with Gasteiger partial charge in [0.25, 0.3) is 0 Å². The van der Waals surface area contributed by atoms with Gasteiger partial charge in [-0.15, -0.1) is 0 Å². The molecule has 0 saturated carbocycles. The van der Waals surface area contributed by atoms with Crippen molar-refractivity contribution >= 4 is 51.5 Å². The number of hydrogen-bond acceptors (Lipinski definition) is 2. The molecule has 0 aromatic rings. The monoisotopic (exact) mass is 369 g/mol. The van der Waals surface area contributed by atoms with Gasteiger partial charge in [-0.1, -0.05) is 70.4 Å². The van der Waals surface area contributed by atoms with Gasteiger partial charge in [0.2, 0.25) is 0 Å². The first kappa shape index (κ1) is 23.9. The molecule has 0 N–H and O–H groups in total. The fourth-order valence-corrected chi connectivity index (χ4v) is 2.34. The maximum Gasteiger partial charge on any atom is 2.00 e. The van der Waals surface area contributed by atoms with E-state index in [2.05, 4.69) is 19.1 Å². The first-order valence-corrected chi connectivity index (χ1v) is 8.62. The first-order valence-electron chi connectivity index (χ1n) is 8.62. The summed E-state index contributed by atoms with van der Waals surface area (Å²) < 4.78 is 0. The molecule has 0 aromatic heterocycles. The Kier molecular flexibility index (Phi) is 23.6. The van der Waals surface area contributed by atoms with Gasteiger partial charge in [-0.05, 0) is 38.5 Å². The number of hydrogen-bond donors (Lipinski definition) is 0. The number of unbranched alkanes of at least 4 members (excludes halogenated alkanes) is 11. The van der Waals surface area contributed by atoms with Crippen molar-refractivity contribution in [2.75, 3.05) is 0 Å². The standard InChI is InChI=1S/C18H34O2.Sr/c1-2-3-4-5-6-7-8-9-10-11-12-13-14-15-16-17-18(19)20;/h9-10H,2-8,11-17H2,1H3,(H,19,20);/q;+2/p-1/b10-9-;. The van der Waals surface area contributed by atoms with Gasteiger partial charge in [-0.3, -0.25) is 0 Å². The van der Waals surface area contributed by atoms with Crippen LogP contribution in [0.4, 0.5) is 0 Å². The molecule has 0 spiro atoms. The molecule has 0 saturated heterocycles. The summed E-state index contributed by atoms with van der Waals surface area (Å²) in [5.41, 5.74) is 0. The van der Waals surface area contributed by atoms with E-state index >= 15 is 0 Å². The minimum atomic E-state index is -0.914. The van der Waals surface area contributed by atoms with Crippen molar-refractivity contribution in [2.45, 2.75) is 96.8 Å². The third-order valence-corrected chi connectivity index (χ3v) is 3.64. The number of aliphatic carboxylic acids is 1. The largest absolute Gasteiger partial charge is 2.00 e.